The molecule has 0 radical (unpaired) electrons. The molecule has 4 rings (SSSR count). The predicted molar refractivity (Wildman–Crippen MR) is 95.5 cm³/mol. The Morgan fingerprint density at radius 1 is 1.25 bits per heavy atom. The quantitative estimate of drug-likeness (QED) is 0.835. The van der Waals surface area contributed by atoms with Crippen LogP contribution in [0.5, 0.6) is 0 Å². The van der Waals surface area contributed by atoms with Gasteiger partial charge in [-0.2, -0.15) is 0 Å². The molecule has 3 fully saturated rings. The van der Waals surface area contributed by atoms with Crippen LogP contribution in [-0.2, 0) is 16.0 Å². The van der Waals surface area contributed by atoms with Gasteiger partial charge in [-0.05, 0) is 39.2 Å². The van der Waals surface area contributed by atoms with Crippen LogP contribution in [0.25, 0.3) is 0 Å². The van der Waals surface area contributed by atoms with Crippen molar-refractivity contribution in [3.8, 4) is 0 Å². The molecule has 134 valence electrons. The summed E-state index contributed by atoms with van der Waals surface area (Å²) in [5, 5.41) is 3.36. The molecule has 0 amide bonds. The van der Waals surface area contributed by atoms with Crippen LogP contribution in [-0.4, -0.2) is 72.4 Å². The van der Waals surface area contributed by atoms with E-state index in [2.05, 4.69) is 27.1 Å². The molecule has 0 aliphatic carbocycles. The van der Waals surface area contributed by atoms with Gasteiger partial charge in [0.15, 0.2) is 0 Å². The molecular weight excluding hydrogens is 322 g/mol. The van der Waals surface area contributed by atoms with Crippen molar-refractivity contribution in [1.29, 1.82) is 0 Å². The van der Waals surface area contributed by atoms with Gasteiger partial charge in [0.05, 0.1) is 22.9 Å². The molecule has 6 heteroatoms. The fourth-order valence-electron chi connectivity index (χ4n) is 4.52. The normalized spacial score (nSPS) is 30.9. The second-order valence-corrected chi connectivity index (χ2v) is 8.58. The van der Waals surface area contributed by atoms with Crippen LogP contribution in [0.3, 0.4) is 0 Å². The molecule has 1 unspecified atom stereocenters. The Labute approximate surface area is 148 Å². The standard InChI is InChI=1S/C18H29N3O2S/c1-15-19-16(12-24-15)11-20-6-2-5-18(13-20)14-21(7-10-23-18)17-3-8-22-9-4-17/h12,17H,2-11,13-14H2,1H3. The zero-order chi connectivity index (χ0) is 16.4. The molecule has 0 N–H and O–H groups in total. The highest BCUT2D eigenvalue weighted by Gasteiger charge is 2.42. The van der Waals surface area contributed by atoms with Crippen molar-refractivity contribution in [2.75, 3.05) is 46.0 Å². The number of aryl methyl sites for hydroxylation is 1. The van der Waals surface area contributed by atoms with Gasteiger partial charge in [0.2, 0.25) is 0 Å². The van der Waals surface area contributed by atoms with E-state index in [1.165, 1.54) is 37.9 Å². The molecule has 0 saturated carbocycles. The van der Waals surface area contributed by atoms with Gasteiger partial charge < -0.3 is 9.47 Å². The van der Waals surface area contributed by atoms with Gasteiger partial charge >= 0.3 is 0 Å². The maximum atomic E-state index is 6.37. The number of thiazole rings is 1. The number of aromatic nitrogens is 1. The van der Waals surface area contributed by atoms with E-state index in [1.54, 1.807) is 11.3 Å². The van der Waals surface area contributed by atoms with Crippen molar-refractivity contribution >= 4 is 11.3 Å². The molecule has 1 atom stereocenters. The van der Waals surface area contributed by atoms with Crippen molar-refractivity contribution < 1.29 is 9.47 Å². The lowest BCUT2D eigenvalue weighted by Gasteiger charge is -2.50. The van der Waals surface area contributed by atoms with E-state index >= 15 is 0 Å². The summed E-state index contributed by atoms with van der Waals surface area (Å²) in [7, 11) is 0. The van der Waals surface area contributed by atoms with Gasteiger partial charge in [-0.15, -0.1) is 11.3 Å². The first-order valence-corrected chi connectivity index (χ1v) is 10.2. The SMILES string of the molecule is Cc1nc(CN2CCCC3(C2)CN(C2CCOCC2)CCO3)cs1. The summed E-state index contributed by atoms with van der Waals surface area (Å²) < 4.78 is 11.9. The molecule has 1 aromatic heterocycles. The van der Waals surface area contributed by atoms with Gasteiger partial charge in [0.1, 0.15) is 0 Å². The molecule has 5 nitrogen and oxygen atoms in total. The van der Waals surface area contributed by atoms with E-state index in [9.17, 15) is 0 Å². The minimum atomic E-state index is 0.0276. The Kier molecular flexibility index (Phi) is 5.20. The average Bonchev–Trinajstić information content (AvgIpc) is 3.01. The first-order valence-electron chi connectivity index (χ1n) is 9.32. The molecule has 0 aromatic carbocycles. The first-order chi connectivity index (χ1) is 11.7. The molecule has 4 heterocycles. The monoisotopic (exact) mass is 351 g/mol. The highest BCUT2D eigenvalue weighted by atomic mass is 32.1. The first kappa shape index (κ1) is 16.9. The Morgan fingerprint density at radius 2 is 2.12 bits per heavy atom. The van der Waals surface area contributed by atoms with Crippen LogP contribution in [0.15, 0.2) is 5.38 Å². The van der Waals surface area contributed by atoms with E-state index in [0.29, 0.717) is 6.04 Å². The van der Waals surface area contributed by atoms with Gasteiger partial charge in [-0.3, -0.25) is 9.80 Å². The minimum absolute atomic E-state index is 0.0276. The maximum Gasteiger partial charge on any atom is 0.0936 e. The summed E-state index contributed by atoms with van der Waals surface area (Å²) in [6.07, 6.45) is 4.78. The molecule has 1 aromatic rings. The maximum absolute atomic E-state index is 6.37. The third-order valence-electron chi connectivity index (χ3n) is 5.66. The number of morpholine rings is 1. The summed E-state index contributed by atoms with van der Waals surface area (Å²) >= 11 is 1.75. The summed E-state index contributed by atoms with van der Waals surface area (Å²) in [6.45, 7) is 10.1. The highest BCUT2D eigenvalue weighted by Crippen LogP contribution is 2.32. The lowest BCUT2D eigenvalue weighted by atomic mass is 9.89. The summed E-state index contributed by atoms with van der Waals surface area (Å²) in [5.74, 6) is 0. The van der Waals surface area contributed by atoms with Crippen molar-refractivity contribution in [1.82, 2.24) is 14.8 Å². The number of rotatable bonds is 3. The Morgan fingerprint density at radius 3 is 2.92 bits per heavy atom. The summed E-state index contributed by atoms with van der Waals surface area (Å²) in [6, 6.07) is 0.691. The van der Waals surface area contributed by atoms with Crippen molar-refractivity contribution in [3.05, 3.63) is 16.1 Å². The second kappa shape index (κ2) is 7.38. The molecule has 3 aliphatic rings. The van der Waals surface area contributed by atoms with Gasteiger partial charge in [-0.1, -0.05) is 0 Å². The van der Waals surface area contributed by atoms with E-state index in [-0.39, 0.29) is 5.60 Å². The lowest BCUT2D eigenvalue weighted by Crippen LogP contribution is -2.61. The largest absolute Gasteiger partial charge is 0.381 e. The van der Waals surface area contributed by atoms with E-state index in [0.717, 1.165) is 51.0 Å². The van der Waals surface area contributed by atoms with Gasteiger partial charge in [0, 0.05) is 50.8 Å². The third-order valence-corrected chi connectivity index (χ3v) is 6.48. The van der Waals surface area contributed by atoms with Crippen LogP contribution in [0.1, 0.15) is 36.4 Å². The highest BCUT2D eigenvalue weighted by molar-refractivity contribution is 7.09. The summed E-state index contributed by atoms with van der Waals surface area (Å²) in [5.41, 5.74) is 1.24. The Bertz CT molecular complexity index is 542. The molecule has 24 heavy (non-hydrogen) atoms. The second-order valence-electron chi connectivity index (χ2n) is 7.52. The number of likely N-dealkylation sites (tertiary alicyclic amines) is 1. The van der Waals surface area contributed by atoms with Gasteiger partial charge in [0.25, 0.3) is 0 Å². The zero-order valence-electron chi connectivity index (χ0n) is 14.7. The zero-order valence-corrected chi connectivity index (χ0v) is 15.5. The molecular formula is C18H29N3O2S. The smallest absolute Gasteiger partial charge is 0.0936 e. The number of hydrogen-bond acceptors (Lipinski definition) is 6. The predicted octanol–water partition coefficient (Wildman–Crippen LogP) is 2.30. The fraction of sp³-hybridized carbons (Fsp3) is 0.833. The van der Waals surface area contributed by atoms with Crippen molar-refractivity contribution in [2.24, 2.45) is 0 Å². The topological polar surface area (TPSA) is 37.8 Å². The van der Waals surface area contributed by atoms with Crippen molar-refractivity contribution in [2.45, 2.75) is 50.8 Å². The Hall–Kier alpha value is -0.530. The minimum Gasteiger partial charge on any atom is -0.381 e. The number of hydrogen-bond donors (Lipinski definition) is 0. The van der Waals surface area contributed by atoms with E-state index in [4.69, 9.17) is 9.47 Å². The van der Waals surface area contributed by atoms with E-state index in [1.807, 2.05) is 0 Å². The van der Waals surface area contributed by atoms with E-state index < -0.39 is 0 Å². The molecule has 0 bridgehead atoms. The molecule has 3 aliphatic heterocycles. The van der Waals surface area contributed by atoms with Crippen LogP contribution >= 0.6 is 11.3 Å². The summed E-state index contributed by atoms with van der Waals surface area (Å²) in [4.78, 5) is 9.87. The average molecular weight is 352 g/mol. The van der Waals surface area contributed by atoms with Crippen LogP contribution in [0.2, 0.25) is 0 Å². The van der Waals surface area contributed by atoms with Gasteiger partial charge in [-0.25, -0.2) is 4.98 Å². The van der Waals surface area contributed by atoms with Crippen molar-refractivity contribution in [3.63, 3.8) is 0 Å². The number of piperidine rings is 1. The van der Waals surface area contributed by atoms with Crippen LogP contribution < -0.4 is 0 Å². The molecule has 3 saturated heterocycles. The van der Waals surface area contributed by atoms with Crippen LogP contribution in [0.4, 0.5) is 0 Å². The Balaban J connectivity index is 1.39. The molecule has 1 spiro atoms. The third kappa shape index (κ3) is 3.83. The van der Waals surface area contributed by atoms with Crippen LogP contribution in [0, 0.1) is 6.92 Å². The fourth-order valence-corrected chi connectivity index (χ4v) is 5.12. The number of nitrogens with zero attached hydrogens (tertiary/aromatic N) is 3. The number of ether oxygens (including phenoxy) is 2. The lowest BCUT2D eigenvalue weighted by molar-refractivity contribution is -0.153.